The lowest BCUT2D eigenvalue weighted by molar-refractivity contribution is 0.513. The van der Waals surface area contributed by atoms with E-state index in [-0.39, 0.29) is 11.3 Å². The number of nitrogens with zero attached hydrogens (tertiary/aromatic N) is 3. The van der Waals surface area contributed by atoms with Crippen LogP contribution in [-0.2, 0) is 7.05 Å². The van der Waals surface area contributed by atoms with Gasteiger partial charge in [0.15, 0.2) is 5.82 Å². The van der Waals surface area contributed by atoms with Crippen LogP contribution >= 0.6 is 23.2 Å². The van der Waals surface area contributed by atoms with E-state index in [0.29, 0.717) is 21.4 Å². The van der Waals surface area contributed by atoms with Crippen molar-refractivity contribution in [2.45, 2.75) is 0 Å². The molecule has 1 aromatic heterocycles. The third kappa shape index (κ3) is 2.65. The van der Waals surface area contributed by atoms with Crippen LogP contribution in [0.2, 0.25) is 10.0 Å². The highest BCUT2D eigenvalue weighted by atomic mass is 35.5. The fourth-order valence-corrected chi connectivity index (χ4v) is 2.77. The Kier molecular flexibility index (Phi) is 3.99. The molecule has 23 heavy (non-hydrogen) atoms. The molecule has 0 amide bonds. The summed E-state index contributed by atoms with van der Waals surface area (Å²) in [6, 6.07) is 14.2. The summed E-state index contributed by atoms with van der Waals surface area (Å²) in [5, 5.41) is 20.8. The molecule has 1 N–H and O–H groups in total. The molecular formula is C17H11Cl2N3O. The normalized spacial score (nSPS) is 12.1. The van der Waals surface area contributed by atoms with E-state index in [4.69, 9.17) is 23.2 Å². The Bertz CT molecular complexity index is 983. The first-order valence-corrected chi connectivity index (χ1v) is 7.49. The summed E-state index contributed by atoms with van der Waals surface area (Å²) in [6.45, 7) is 0. The molecule has 0 aliphatic heterocycles. The molecule has 4 nitrogen and oxygen atoms in total. The maximum Gasteiger partial charge on any atom is 0.155 e. The second-order valence-electron chi connectivity index (χ2n) is 4.94. The van der Waals surface area contributed by atoms with Crippen LogP contribution in [0.25, 0.3) is 22.4 Å². The standard InChI is InChI=1S/C17H11Cl2N3O/c1-22-15-5-3-2-4-14(15)21-17(22)12(9-20)16(23)11-8-10(18)6-7-13(11)19/h2-8,23H,1H3/b16-12-. The molecular weight excluding hydrogens is 333 g/mol. The first-order valence-electron chi connectivity index (χ1n) is 6.73. The third-order valence-electron chi connectivity index (χ3n) is 3.54. The number of imidazole rings is 1. The van der Waals surface area contributed by atoms with Crippen LogP contribution < -0.4 is 0 Å². The van der Waals surface area contributed by atoms with Crippen molar-refractivity contribution >= 4 is 45.6 Å². The minimum atomic E-state index is -0.251. The SMILES string of the molecule is Cn1c(/C(C#N)=C(\O)c2cc(Cl)ccc2Cl)nc2ccccc21. The molecule has 3 aromatic rings. The summed E-state index contributed by atoms with van der Waals surface area (Å²) in [5.41, 5.74) is 1.93. The number of hydrogen-bond donors (Lipinski definition) is 1. The lowest BCUT2D eigenvalue weighted by atomic mass is 10.1. The lowest BCUT2D eigenvalue weighted by Gasteiger charge is -2.07. The summed E-state index contributed by atoms with van der Waals surface area (Å²) in [5.74, 6) is 0.112. The van der Waals surface area contributed by atoms with Crippen molar-refractivity contribution in [2.75, 3.05) is 0 Å². The molecule has 0 aliphatic carbocycles. The van der Waals surface area contributed by atoms with Crippen molar-refractivity contribution in [1.29, 1.82) is 5.26 Å². The van der Waals surface area contributed by atoms with Gasteiger partial charge in [-0.2, -0.15) is 5.26 Å². The Morgan fingerprint density at radius 1 is 1.22 bits per heavy atom. The summed E-state index contributed by atoms with van der Waals surface area (Å²) in [6.07, 6.45) is 0. The van der Waals surface area contributed by atoms with E-state index >= 15 is 0 Å². The molecule has 0 saturated carbocycles. The zero-order valence-electron chi connectivity index (χ0n) is 12.1. The molecule has 114 valence electrons. The molecule has 6 heteroatoms. The van der Waals surface area contributed by atoms with Crippen LogP contribution in [0.1, 0.15) is 11.4 Å². The zero-order valence-corrected chi connectivity index (χ0v) is 13.6. The van der Waals surface area contributed by atoms with Gasteiger partial charge in [0, 0.05) is 17.6 Å². The molecule has 0 bridgehead atoms. The number of rotatable bonds is 2. The van der Waals surface area contributed by atoms with Gasteiger partial charge in [0.25, 0.3) is 0 Å². The smallest absolute Gasteiger partial charge is 0.155 e. The highest BCUT2D eigenvalue weighted by Crippen LogP contribution is 2.31. The molecule has 0 aliphatic rings. The fraction of sp³-hybridized carbons (Fsp3) is 0.0588. The van der Waals surface area contributed by atoms with E-state index in [2.05, 4.69) is 4.98 Å². The van der Waals surface area contributed by atoms with Crippen LogP contribution in [0.3, 0.4) is 0 Å². The van der Waals surface area contributed by atoms with Gasteiger partial charge < -0.3 is 9.67 Å². The number of hydrogen-bond acceptors (Lipinski definition) is 3. The van der Waals surface area contributed by atoms with Crippen molar-refractivity contribution < 1.29 is 5.11 Å². The summed E-state index contributed by atoms with van der Waals surface area (Å²) in [7, 11) is 1.79. The van der Waals surface area contributed by atoms with Gasteiger partial charge in [0.05, 0.1) is 16.1 Å². The number of benzene rings is 2. The van der Waals surface area contributed by atoms with E-state index in [1.807, 2.05) is 30.3 Å². The number of para-hydroxylation sites is 2. The van der Waals surface area contributed by atoms with Gasteiger partial charge in [-0.15, -0.1) is 0 Å². The predicted molar refractivity (Wildman–Crippen MR) is 92.2 cm³/mol. The number of allylic oxidation sites excluding steroid dienone is 1. The molecule has 2 aromatic carbocycles. The van der Waals surface area contributed by atoms with Crippen molar-refractivity contribution in [3.63, 3.8) is 0 Å². The van der Waals surface area contributed by atoms with Crippen molar-refractivity contribution in [1.82, 2.24) is 9.55 Å². The summed E-state index contributed by atoms with van der Waals surface area (Å²) < 4.78 is 1.75. The number of fused-ring (bicyclic) bond motifs is 1. The monoisotopic (exact) mass is 343 g/mol. The van der Waals surface area contributed by atoms with E-state index < -0.39 is 0 Å². The van der Waals surface area contributed by atoms with Crippen molar-refractivity contribution in [2.24, 2.45) is 7.05 Å². The zero-order chi connectivity index (χ0) is 16.6. The van der Waals surface area contributed by atoms with Crippen LogP contribution in [-0.4, -0.2) is 14.7 Å². The number of aromatic nitrogens is 2. The summed E-state index contributed by atoms with van der Waals surface area (Å²) >= 11 is 12.1. The molecule has 0 fully saturated rings. The number of nitriles is 1. The van der Waals surface area contributed by atoms with Gasteiger partial charge in [0.1, 0.15) is 17.4 Å². The van der Waals surface area contributed by atoms with Gasteiger partial charge in [0.2, 0.25) is 0 Å². The number of aryl methyl sites for hydroxylation is 1. The van der Waals surface area contributed by atoms with Gasteiger partial charge in [-0.3, -0.25) is 0 Å². The van der Waals surface area contributed by atoms with Crippen LogP contribution in [0.15, 0.2) is 42.5 Å². The maximum absolute atomic E-state index is 10.5. The Labute approximate surface area is 142 Å². The highest BCUT2D eigenvalue weighted by molar-refractivity contribution is 6.34. The lowest BCUT2D eigenvalue weighted by Crippen LogP contribution is -1.99. The van der Waals surface area contributed by atoms with Gasteiger partial charge in [-0.1, -0.05) is 35.3 Å². The Morgan fingerprint density at radius 2 is 1.96 bits per heavy atom. The molecule has 3 rings (SSSR count). The Hall–Kier alpha value is -2.48. The largest absolute Gasteiger partial charge is 0.506 e. The number of aliphatic hydroxyl groups is 1. The number of halogens is 2. The minimum Gasteiger partial charge on any atom is -0.506 e. The van der Waals surface area contributed by atoms with E-state index in [0.717, 1.165) is 11.0 Å². The van der Waals surface area contributed by atoms with E-state index in [9.17, 15) is 10.4 Å². The van der Waals surface area contributed by atoms with Gasteiger partial charge in [-0.05, 0) is 30.3 Å². The first-order chi connectivity index (χ1) is 11.0. The topological polar surface area (TPSA) is 61.8 Å². The quantitative estimate of drug-likeness (QED) is 0.535. The average molecular weight is 344 g/mol. The fourth-order valence-electron chi connectivity index (χ4n) is 2.39. The molecule has 1 heterocycles. The maximum atomic E-state index is 10.5. The third-order valence-corrected chi connectivity index (χ3v) is 4.11. The van der Waals surface area contributed by atoms with Crippen LogP contribution in [0.4, 0.5) is 0 Å². The second-order valence-corrected chi connectivity index (χ2v) is 5.79. The van der Waals surface area contributed by atoms with Gasteiger partial charge in [-0.25, -0.2) is 4.98 Å². The molecule has 0 unspecified atom stereocenters. The van der Waals surface area contributed by atoms with Gasteiger partial charge >= 0.3 is 0 Å². The Morgan fingerprint density at radius 3 is 2.65 bits per heavy atom. The van der Waals surface area contributed by atoms with Crippen molar-refractivity contribution in [3.05, 3.63) is 63.9 Å². The molecule has 0 spiro atoms. The van der Waals surface area contributed by atoms with E-state index in [1.54, 1.807) is 23.7 Å². The minimum absolute atomic E-state index is 0.0351. The summed E-state index contributed by atoms with van der Waals surface area (Å²) in [4.78, 5) is 4.43. The van der Waals surface area contributed by atoms with Crippen LogP contribution in [0.5, 0.6) is 0 Å². The molecule has 0 radical (unpaired) electrons. The highest BCUT2D eigenvalue weighted by Gasteiger charge is 2.19. The Balaban J connectivity index is 2.27. The first kappa shape index (κ1) is 15.4. The molecule has 0 saturated heterocycles. The van der Waals surface area contributed by atoms with E-state index in [1.165, 1.54) is 6.07 Å². The van der Waals surface area contributed by atoms with Crippen molar-refractivity contribution in [3.8, 4) is 6.07 Å². The number of aliphatic hydroxyl groups excluding tert-OH is 1. The molecule has 0 atom stereocenters. The predicted octanol–water partition coefficient (Wildman–Crippen LogP) is 4.83. The second kappa shape index (κ2) is 5.96. The average Bonchev–Trinajstić information content (AvgIpc) is 2.88. The van der Waals surface area contributed by atoms with Crippen LogP contribution in [0, 0.1) is 11.3 Å².